The summed E-state index contributed by atoms with van der Waals surface area (Å²) in [6.07, 6.45) is 6.56. The van der Waals surface area contributed by atoms with Crippen LogP contribution in [0.5, 0.6) is 0 Å². The van der Waals surface area contributed by atoms with Gasteiger partial charge in [-0.2, -0.15) is 0 Å². The van der Waals surface area contributed by atoms with Crippen LogP contribution in [0.15, 0.2) is 0 Å². The first-order valence-corrected chi connectivity index (χ1v) is 13.6. The molecule has 0 radical (unpaired) electrons. The van der Waals surface area contributed by atoms with E-state index in [1.54, 1.807) is 0 Å². The monoisotopic (exact) mass is 282 g/mol. The zero-order valence-electron chi connectivity index (χ0n) is 13.4. The molecule has 0 amide bonds. The van der Waals surface area contributed by atoms with Gasteiger partial charge in [0, 0.05) is 0 Å². The first-order valence-electron chi connectivity index (χ1n) is 6.63. The number of rotatable bonds is 2. The lowest BCUT2D eigenvalue weighted by Crippen LogP contribution is -2.26. The van der Waals surface area contributed by atoms with Crippen LogP contribution >= 0.6 is 0 Å². The van der Waals surface area contributed by atoms with Crippen LogP contribution in [-0.2, 0) is 0 Å². The van der Waals surface area contributed by atoms with E-state index in [-0.39, 0.29) is 0 Å². The van der Waals surface area contributed by atoms with Crippen LogP contribution in [0.3, 0.4) is 0 Å². The Bertz CT molecular complexity index is 325. The number of hydrogen-bond acceptors (Lipinski definition) is 1. The highest BCUT2D eigenvalue weighted by atomic mass is 28.3. The zero-order chi connectivity index (χ0) is 15.0. The van der Waals surface area contributed by atoms with E-state index in [2.05, 4.69) is 56.3 Å². The summed E-state index contributed by atoms with van der Waals surface area (Å²) >= 11 is 0. The standard InChI is InChI=1S/C10H20OSi.C5H10Si/c1-6-10(11,7-2)8-9-12(3,4)5;1-5-6(2,3)4/h11H,6-7H2,1-5H3;1H,2-4H3. The summed E-state index contributed by atoms with van der Waals surface area (Å²) in [7, 11) is -2.42. The van der Waals surface area contributed by atoms with Crippen molar-refractivity contribution in [1.82, 2.24) is 0 Å². The SMILES string of the molecule is C#C[Si](C)(C)C.CCC(O)(C#C[Si](C)(C)C)CC. The van der Waals surface area contributed by atoms with Gasteiger partial charge in [0.2, 0.25) is 0 Å². The summed E-state index contributed by atoms with van der Waals surface area (Å²) < 4.78 is 0. The lowest BCUT2D eigenvalue weighted by atomic mass is 9.99. The van der Waals surface area contributed by atoms with Gasteiger partial charge in [-0.05, 0) is 12.8 Å². The summed E-state index contributed by atoms with van der Waals surface area (Å²) in [5.41, 5.74) is 5.21. The molecule has 18 heavy (non-hydrogen) atoms. The van der Waals surface area contributed by atoms with Crippen molar-refractivity contribution in [3.05, 3.63) is 0 Å². The van der Waals surface area contributed by atoms with Crippen molar-refractivity contribution >= 4 is 16.1 Å². The fourth-order valence-electron chi connectivity index (χ4n) is 0.731. The van der Waals surface area contributed by atoms with Crippen LogP contribution in [0.4, 0.5) is 0 Å². The Morgan fingerprint density at radius 2 is 1.28 bits per heavy atom. The maximum atomic E-state index is 9.84. The molecule has 0 aliphatic carbocycles. The third-order valence-electron chi connectivity index (χ3n) is 2.27. The molecule has 0 spiro atoms. The fraction of sp³-hybridized carbons (Fsp3) is 0.733. The Morgan fingerprint density at radius 3 is 1.44 bits per heavy atom. The topological polar surface area (TPSA) is 20.2 Å². The first-order chi connectivity index (χ1) is 7.89. The Hall–Kier alpha value is -0.486. The Kier molecular flexibility index (Phi) is 8.64. The third kappa shape index (κ3) is 13.6. The molecular formula is C15H30OSi2. The average Bonchev–Trinajstić information content (AvgIpc) is 2.25. The lowest BCUT2D eigenvalue weighted by Gasteiger charge is -2.18. The van der Waals surface area contributed by atoms with Crippen LogP contribution in [-0.4, -0.2) is 26.9 Å². The molecular weight excluding hydrogens is 252 g/mol. The Morgan fingerprint density at radius 1 is 0.944 bits per heavy atom. The van der Waals surface area contributed by atoms with Gasteiger partial charge in [0.05, 0.1) is 0 Å². The van der Waals surface area contributed by atoms with Crippen molar-refractivity contribution < 1.29 is 5.11 Å². The number of hydrogen-bond donors (Lipinski definition) is 1. The van der Waals surface area contributed by atoms with Gasteiger partial charge in [-0.3, -0.25) is 0 Å². The summed E-state index contributed by atoms with van der Waals surface area (Å²) in [5.74, 6) is 3.00. The minimum Gasteiger partial charge on any atom is -0.378 e. The highest BCUT2D eigenvalue weighted by Crippen LogP contribution is 2.13. The molecule has 0 unspecified atom stereocenters. The summed E-state index contributed by atoms with van der Waals surface area (Å²) in [6.45, 7) is 16.9. The van der Waals surface area contributed by atoms with E-state index in [0.717, 1.165) is 12.8 Å². The second-order valence-corrected chi connectivity index (χ2v) is 16.2. The van der Waals surface area contributed by atoms with E-state index in [1.165, 1.54) is 0 Å². The van der Waals surface area contributed by atoms with Crippen LogP contribution in [0.2, 0.25) is 39.3 Å². The highest BCUT2D eigenvalue weighted by molar-refractivity contribution is 6.84. The van der Waals surface area contributed by atoms with Gasteiger partial charge in [-0.1, -0.05) is 59.0 Å². The zero-order valence-corrected chi connectivity index (χ0v) is 15.4. The lowest BCUT2D eigenvalue weighted by molar-refractivity contribution is 0.0932. The van der Waals surface area contributed by atoms with E-state index in [4.69, 9.17) is 6.42 Å². The summed E-state index contributed by atoms with van der Waals surface area (Å²) in [4.78, 5) is 0. The largest absolute Gasteiger partial charge is 0.378 e. The molecule has 0 heterocycles. The maximum Gasteiger partial charge on any atom is 0.129 e. The van der Waals surface area contributed by atoms with Gasteiger partial charge >= 0.3 is 0 Å². The van der Waals surface area contributed by atoms with E-state index in [1.807, 2.05) is 13.8 Å². The Balaban J connectivity index is 0. The molecule has 0 aromatic carbocycles. The fourth-order valence-corrected chi connectivity index (χ4v) is 1.34. The predicted octanol–water partition coefficient (Wildman–Crippen LogP) is 3.92. The molecule has 0 atom stereocenters. The van der Waals surface area contributed by atoms with E-state index in [9.17, 15) is 5.11 Å². The van der Waals surface area contributed by atoms with Crippen molar-refractivity contribution in [2.75, 3.05) is 0 Å². The molecule has 0 aromatic rings. The van der Waals surface area contributed by atoms with Gasteiger partial charge in [0.15, 0.2) is 0 Å². The molecule has 0 aliphatic heterocycles. The van der Waals surface area contributed by atoms with Crippen molar-refractivity contribution in [1.29, 1.82) is 0 Å². The van der Waals surface area contributed by atoms with E-state index < -0.39 is 21.7 Å². The minimum absolute atomic E-state index is 0.723. The van der Waals surface area contributed by atoms with Gasteiger partial charge in [0.1, 0.15) is 21.7 Å². The molecule has 0 rings (SSSR count). The molecule has 3 heteroatoms. The summed E-state index contributed by atoms with van der Waals surface area (Å²) in [5, 5.41) is 9.84. The molecule has 0 saturated heterocycles. The van der Waals surface area contributed by atoms with E-state index in [0.29, 0.717) is 0 Å². The minimum atomic E-state index is -1.32. The molecule has 0 fully saturated rings. The Labute approximate surface area is 116 Å². The third-order valence-corrected chi connectivity index (χ3v) is 4.01. The van der Waals surface area contributed by atoms with Crippen LogP contribution in [0.25, 0.3) is 0 Å². The van der Waals surface area contributed by atoms with Gasteiger partial charge in [-0.25, -0.2) is 0 Å². The second kappa shape index (κ2) is 7.84. The van der Waals surface area contributed by atoms with Crippen LogP contribution in [0.1, 0.15) is 26.7 Å². The second-order valence-electron chi connectivity index (χ2n) is 6.63. The van der Waals surface area contributed by atoms with Crippen molar-refractivity contribution in [3.8, 4) is 23.4 Å². The van der Waals surface area contributed by atoms with Crippen LogP contribution < -0.4 is 0 Å². The van der Waals surface area contributed by atoms with Gasteiger partial charge < -0.3 is 5.11 Å². The molecule has 0 saturated carbocycles. The van der Waals surface area contributed by atoms with Crippen LogP contribution in [0, 0.1) is 23.4 Å². The first kappa shape index (κ1) is 19.8. The van der Waals surface area contributed by atoms with E-state index >= 15 is 0 Å². The van der Waals surface area contributed by atoms with Crippen molar-refractivity contribution in [2.24, 2.45) is 0 Å². The molecule has 104 valence electrons. The van der Waals surface area contributed by atoms with Gasteiger partial charge in [-0.15, -0.1) is 17.5 Å². The highest BCUT2D eigenvalue weighted by Gasteiger charge is 2.19. The smallest absolute Gasteiger partial charge is 0.129 e. The summed E-state index contributed by atoms with van der Waals surface area (Å²) in [6, 6.07) is 0. The maximum absolute atomic E-state index is 9.84. The molecule has 0 bridgehead atoms. The normalized spacial score (nSPS) is 11.6. The molecule has 0 aromatic heterocycles. The number of aliphatic hydroxyl groups is 1. The molecule has 0 aliphatic rings. The predicted molar refractivity (Wildman–Crippen MR) is 88.8 cm³/mol. The average molecular weight is 283 g/mol. The number of terminal acetylenes is 1. The molecule has 1 N–H and O–H groups in total. The van der Waals surface area contributed by atoms with Crippen molar-refractivity contribution in [2.45, 2.75) is 71.6 Å². The molecule has 1 nitrogen and oxygen atoms in total. The quantitative estimate of drug-likeness (QED) is 0.601. The van der Waals surface area contributed by atoms with Crippen molar-refractivity contribution in [3.63, 3.8) is 0 Å². The van der Waals surface area contributed by atoms with Gasteiger partial charge in [0.25, 0.3) is 0 Å².